The average molecular weight is 311 g/mol. The first-order valence-corrected chi connectivity index (χ1v) is 7.26. The molecule has 122 valence electrons. The normalized spacial score (nSPS) is 10.5. The zero-order valence-corrected chi connectivity index (χ0v) is 12.9. The summed E-state index contributed by atoms with van der Waals surface area (Å²) in [5.74, 6) is -0.798. The van der Waals surface area contributed by atoms with Crippen molar-refractivity contribution in [2.45, 2.75) is 26.7 Å². The number of amides is 1. The number of carbonyl (C=O) groups is 2. The lowest BCUT2D eigenvalue weighted by atomic mass is 10.2. The maximum Gasteiger partial charge on any atom is 0.323 e. The van der Waals surface area contributed by atoms with Crippen molar-refractivity contribution in [1.29, 1.82) is 0 Å². The summed E-state index contributed by atoms with van der Waals surface area (Å²) in [6, 6.07) is 5.65. The molecule has 0 aliphatic heterocycles. The van der Waals surface area contributed by atoms with Crippen LogP contribution in [-0.4, -0.2) is 41.6 Å². The minimum Gasteiger partial charge on any atom is -0.494 e. The molecule has 1 N–H and O–H groups in total. The molecule has 0 heterocycles. The average Bonchev–Trinajstić information content (AvgIpc) is 2.43. The van der Waals surface area contributed by atoms with Crippen LogP contribution in [-0.2, 0) is 9.59 Å². The van der Waals surface area contributed by atoms with Crippen LogP contribution in [0.15, 0.2) is 24.3 Å². The van der Waals surface area contributed by atoms with Crippen molar-refractivity contribution < 1.29 is 23.8 Å². The summed E-state index contributed by atoms with van der Waals surface area (Å²) in [5.41, 5.74) is 0. The van der Waals surface area contributed by atoms with Gasteiger partial charge in [0.2, 0.25) is 5.91 Å². The highest BCUT2D eigenvalue weighted by atomic mass is 19.1. The molecule has 22 heavy (non-hydrogen) atoms. The van der Waals surface area contributed by atoms with Gasteiger partial charge < -0.3 is 14.7 Å². The highest BCUT2D eigenvalue weighted by Crippen LogP contribution is 2.12. The summed E-state index contributed by atoms with van der Waals surface area (Å²) in [4.78, 5) is 24.2. The van der Waals surface area contributed by atoms with E-state index in [-0.39, 0.29) is 30.6 Å². The van der Waals surface area contributed by atoms with E-state index in [1.54, 1.807) is 0 Å². The Labute approximate surface area is 129 Å². The third kappa shape index (κ3) is 7.06. The van der Waals surface area contributed by atoms with Crippen molar-refractivity contribution in [1.82, 2.24) is 4.90 Å². The Morgan fingerprint density at radius 3 is 2.45 bits per heavy atom. The van der Waals surface area contributed by atoms with Crippen molar-refractivity contribution in [3.8, 4) is 5.75 Å². The van der Waals surface area contributed by atoms with Gasteiger partial charge in [-0.1, -0.05) is 13.8 Å². The number of ether oxygens (including phenoxy) is 1. The second-order valence-corrected chi connectivity index (χ2v) is 5.47. The zero-order chi connectivity index (χ0) is 16.5. The SMILES string of the molecule is CC(C)CN(CC(=O)O)C(=O)CCCOc1ccc(F)cc1. The molecule has 0 bridgehead atoms. The standard InChI is InChI=1S/C16H22FNO4/c1-12(2)10-18(11-16(20)21)15(19)4-3-9-22-14-7-5-13(17)6-8-14/h5-8,12H,3-4,9-11H2,1-2H3,(H,20,21). The molecule has 1 aromatic rings. The topological polar surface area (TPSA) is 66.8 Å². The quantitative estimate of drug-likeness (QED) is 0.712. The third-order valence-corrected chi connectivity index (χ3v) is 2.88. The summed E-state index contributed by atoms with van der Waals surface area (Å²) in [5, 5.41) is 8.84. The highest BCUT2D eigenvalue weighted by Gasteiger charge is 2.17. The van der Waals surface area contributed by atoms with Crippen LogP contribution in [0.2, 0.25) is 0 Å². The van der Waals surface area contributed by atoms with E-state index in [1.807, 2.05) is 13.8 Å². The minimum absolute atomic E-state index is 0.196. The predicted octanol–water partition coefficient (Wildman–Crippen LogP) is 2.55. The number of carboxylic acids is 1. The van der Waals surface area contributed by atoms with Crippen molar-refractivity contribution in [2.75, 3.05) is 19.7 Å². The van der Waals surface area contributed by atoms with Crippen LogP contribution in [0.25, 0.3) is 0 Å². The molecule has 0 aliphatic carbocycles. The maximum absolute atomic E-state index is 12.7. The second-order valence-electron chi connectivity index (χ2n) is 5.47. The van der Waals surface area contributed by atoms with Crippen molar-refractivity contribution in [3.63, 3.8) is 0 Å². The Balaban J connectivity index is 2.35. The van der Waals surface area contributed by atoms with E-state index in [0.717, 1.165) is 0 Å². The number of nitrogens with zero attached hydrogens (tertiary/aromatic N) is 1. The van der Waals surface area contributed by atoms with Gasteiger partial charge in [0, 0.05) is 13.0 Å². The molecule has 5 nitrogen and oxygen atoms in total. The third-order valence-electron chi connectivity index (χ3n) is 2.88. The smallest absolute Gasteiger partial charge is 0.323 e. The fourth-order valence-electron chi connectivity index (χ4n) is 1.96. The molecular formula is C16H22FNO4. The fraction of sp³-hybridized carbons (Fsp3) is 0.500. The number of hydrogen-bond acceptors (Lipinski definition) is 3. The molecule has 0 saturated heterocycles. The van der Waals surface area contributed by atoms with Gasteiger partial charge in [0.05, 0.1) is 6.61 Å². The van der Waals surface area contributed by atoms with Crippen LogP contribution in [0.1, 0.15) is 26.7 Å². The Hall–Kier alpha value is -2.11. The molecule has 0 fully saturated rings. The number of benzene rings is 1. The molecular weight excluding hydrogens is 289 g/mol. The summed E-state index contributed by atoms with van der Waals surface area (Å²) >= 11 is 0. The van der Waals surface area contributed by atoms with Gasteiger partial charge in [0.25, 0.3) is 0 Å². The largest absolute Gasteiger partial charge is 0.494 e. The molecule has 0 unspecified atom stereocenters. The summed E-state index contributed by atoms with van der Waals surface area (Å²) in [6.07, 6.45) is 0.700. The lowest BCUT2D eigenvalue weighted by Crippen LogP contribution is -2.38. The van der Waals surface area contributed by atoms with Crippen molar-refractivity contribution in [3.05, 3.63) is 30.1 Å². The number of halogens is 1. The van der Waals surface area contributed by atoms with E-state index in [1.165, 1.54) is 29.2 Å². The maximum atomic E-state index is 12.7. The summed E-state index contributed by atoms with van der Waals surface area (Å²) in [7, 11) is 0. The van der Waals surface area contributed by atoms with Gasteiger partial charge in [-0.3, -0.25) is 9.59 Å². The van der Waals surface area contributed by atoms with Gasteiger partial charge in [-0.25, -0.2) is 4.39 Å². The van der Waals surface area contributed by atoms with Crippen molar-refractivity contribution >= 4 is 11.9 Å². The highest BCUT2D eigenvalue weighted by molar-refractivity contribution is 5.81. The molecule has 1 amide bonds. The molecule has 0 aromatic heterocycles. The van der Waals surface area contributed by atoms with Crippen LogP contribution in [0.4, 0.5) is 4.39 Å². The van der Waals surface area contributed by atoms with Crippen LogP contribution >= 0.6 is 0 Å². The van der Waals surface area contributed by atoms with Crippen LogP contribution in [0.5, 0.6) is 5.75 Å². The Bertz CT molecular complexity index is 487. The molecule has 1 rings (SSSR count). The fourth-order valence-corrected chi connectivity index (χ4v) is 1.96. The lowest BCUT2D eigenvalue weighted by Gasteiger charge is -2.22. The second kappa shape index (κ2) is 9.02. The van der Waals surface area contributed by atoms with Gasteiger partial charge in [-0.2, -0.15) is 0 Å². The molecule has 0 radical (unpaired) electrons. The van der Waals surface area contributed by atoms with Crippen LogP contribution in [0.3, 0.4) is 0 Å². The molecule has 0 saturated carbocycles. The molecule has 0 atom stereocenters. The predicted molar refractivity (Wildman–Crippen MR) is 80.2 cm³/mol. The minimum atomic E-state index is -1.02. The van der Waals surface area contributed by atoms with Gasteiger partial charge in [0.15, 0.2) is 0 Å². The van der Waals surface area contributed by atoms with E-state index in [9.17, 15) is 14.0 Å². The van der Waals surface area contributed by atoms with Crippen LogP contribution in [0, 0.1) is 11.7 Å². The molecule has 1 aromatic carbocycles. The molecule has 0 spiro atoms. The van der Waals surface area contributed by atoms with E-state index < -0.39 is 5.97 Å². The number of carbonyl (C=O) groups excluding carboxylic acids is 1. The van der Waals surface area contributed by atoms with Crippen molar-refractivity contribution in [2.24, 2.45) is 5.92 Å². The van der Waals surface area contributed by atoms with Gasteiger partial charge >= 0.3 is 5.97 Å². The van der Waals surface area contributed by atoms with E-state index >= 15 is 0 Å². The van der Waals surface area contributed by atoms with E-state index in [4.69, 9.17) is 9.84 Å². The van der Waals surface area contributed by atoms with Gasteiger partial charge in [-0.15, -0.1) is 0 Å². The first-order valence-electron chi connectivity index (χ1n) is 7.26. The Morgan fingerprint density at radius 2 is 1.91 bits per heavy atom. The Morgan fingerprint density at radius 1 is 1.27 bits per heavy atom. The lowest BCUT2D eigenvalue weighted by molar-refractivity contribution is -0.144. The number of carboxylic acid groups (broad SMARTS) is 1. The Kier molecular flexibility index (Phi) is 7.36. The van der Waals surface area contributed by atoms with E-state index in [2.05, 4.69) is 0 Å². The monoisotopic (exact) mass is 311 g/mol. The van der Waals surface area contributed by atoms with Gasteiger partial charge in [0.1, 0.15) is 18.1 Å². The number of aliphatic carboxylic acids is 1. The number of hydrogen-bond donors (Lipinski definition) is 1. The number of rotatable bonds is 9. The summed E-state index contributed by atoms with van der Waals surface area (Å²) in [6.45, 7) is 4.32. The molecule has 0 aliphatic rings. The van der Waals surface area contributed by atoms with E-state index in [0.29, 0.717) is 25.3 Å². The molecule has 6 heteroatoms. The first-order chi connectivity index (χ1) is 10.4. The van der Waals surface area contributed by atoms with Crippen LogP contribution < -0.4 is 4.74 Å². The summed E-state index contributed by atoms with van der Waals surface area (Å²) < 4.78 is 18.1. The first kappa shape index (κ1) is 17.9. The zero-order valence-electron chi connectivity index (χ0n) is 12.9. The van der Waals surface area contributed by atoms with Gasteiger partial charge in [-0.05, 0) is 36.6 Å².